The minimum absolute atomic E-state index is 0.269. The third-order valence-electron chi connectivity index (χ3n) is 4.04. The first-order valence-electron chi connectivity index (χ1n) is 8.64. The van der Waals surface area contributed by atoms with E-state index in [1.54, 1.807) is 12.1 Å². The Morgan fingerprint density at radius 2 is 1.57 bits per heavy atom. The zero-order valence-electron chi connectivity index (χ0n) is 14.8. The highest BCUT2D eigenvalue weighted by molar-refractivity contribution is 5.92. The van der Waals surface area contributed by atoms with Crippen LogP contribution in [0.15, 0.2) is 72.9 Å². The monoisotopic (exact) mass is 385 g/mol. The molecule has 7 heteroatoms. The molecule has 3 aromatic rings. The molecule has 4 nitrogen and oxygen atoms in total. The third kappa shape index (κ3) is 5.33. The number of nitrogens with one attached hydrogen (secondary N) is 2. The van der Waals surface area contributed by atoms with E-state index in [9.17, 15) is 18.0 Å². The second-order valence-electron chi connectivity index (χ2n) is 6.12. The van der Waals surface area contributed by atoms with E-state index in [0.29, 0.717) is 17.9 Å². The summed E-state index contributed by atoms with van der Waals surface area (Å²) in [5.41, 5.74) is 1.76. The van der Waals surface area contributed by atoms with Crippen LogP contribution in [0.2, 0.25) is 0 Å². The molecule has 0 saturated heterocycles. The number of carbonyl (C=O) groups is 1. The van der Waals surface area contributed by atoms with Gasteiger partial charge < -0.3 is 10.6 Å². The summed E-state index contributed by atoms with van der Waals surface area (Å²) < 4.78 is 37.7. The maximum Gasteiger partial charge on any atom is 0.416 e. The highest BCUT2D eigenvalue weighted by Gasteiger charge is 2.29. The number of nitrogens with zero attached hydrogens (tertiary/aromatic N) is 1. The lowest BCUT2D eigenvalue weighted by Gasteiger charge is -2.10. The largest absolute Gasteiger partial charge is 0.416 e. The molecule has 2 aromatic carbocycles. The van der Waals surface area contributed by atoms with Gasteiger partial charge in [-0.2, -0.15) is 13.2 Å². The highest BCUT2D eigenvalue weighted by atomic mass is 19.4. The Balaban J connectivity index is 1.53. The summed E-state index contributed by atoms with van der Waals surface area (Å²) in [6.07, 6.45) is -2.18. The molecule has 0 spiro atoms. The van der Waals surface area contributed by atoms with Gasteiger partial charge in [-0.25, -0.2) is 4.98 Å². The number of benzene rings is 2. The number of alkyl halides is 3. The first-order chi connectivity index (χ1) is 13.4. The number of aromatic nitrogens is 1. The van der Waals surface area contributed by atoms with Crippen LogP contribution in [0.5, 0.6) is 0 Å². The van der Waals surface area contributed by atoms with Crippen LogP contribution >= 0.6 is 0 Å². The van der Waals surface area contributed by atoms with Gasteiger partial charge in [-0.05, 0) is 48.4 Å². The summed E-state index contributed by atoms with van der Waals surface area (Å²) in [5.74, 6) is -0.281. The van der Waals surface area contributed by atoms with Crippen molar-refractivity contribution in [3.63, 3.8) is 0 Å². The normalized spacial score (nSPS) is 11.1. The molecule has 2 N–H and O–H groups in total. The van der Waals surface area contributed by atoms with Crippen molar-refractivity contribution in [1.29, 1.82) is 0 Å². The zero-order valence-corrected chi connectivity index (χ0v) is 14.8. The first kappa shape index (κ1) is 19.4. The lowest BCUT2D eigenvalue weighted by Crippen LogP contribution is -2.26. The Labute approximate surface area is 160 Å². The SMILES string of the molecule is O=C(NCCc1ccccc1)c1ccc(Nc2ccc(C(F)(F)F)cc2)cn1. The molecule has 3 rings (SSSR count). The molecule has 1 aromatic heterocycles. The highest BCUT2D eigenvalue weighted by Crippen LogP contribution is 2.30. The maximum absolute atomic E-state index is 12.6. The zero-order chi connectivity index (χ0) is 20.0. The van der Waals surface area contributed by atoms with Crippen LogP contribution in [0.3, 0.4) is 0 Å². The average Bonchev–Trinajstić information content (AvgIpc) is 2.69. The van der Waals surface area contributed by atoms with Gasteiger partial charge in [0.25, 0.3) is 5.91 Å². The van der Waals surface area contributed by atoms with Gasteiger partial charge in [0.05, 0.1) is 17.4 Å². The molecular formula is C21H18F3N3O. The minimum atomic E-state index is -4.37. The fourth-order valence-electron chi connectivity index (χ4n) is 2.57. The molecule has 0 fully saturated rings. The van der Waals surface area contributed by atoms with Gasteiger partial charge in [-0.1, -0.05) is 30.3 Å². The van der Waals surface area contributed by atoms with Crippen LogP contribution in [0.4, 0.5) is 24.5 Å². The van der Waals surface area contributed by atoms with Gasteiger partial charge in [0, 0.05) is 12.2 Å². The van der Waals surface area contributed by atoms with E-state index in [-0.39, 0.29) is 11.6 Å². The minimum Gasteiger partial charge on any atom is -0.354 e. The molecule has 0 saturated carbocycles. The van der Waals surface area contributed by atoms with Crippen molar-refractivity contribution >= 4 is 17.3 Å². The van der Waals surface area contributed by atoms with E-state index < -0.39 is 11.7 Å². The summed E-state index contributed by atoms with van der Waals surface area (Å²) >= 11 is 0. The summed E-state index contributed by atoms with van der Waals surface area (Å²) in [6, 6.07) is 17.7. The molecule has 0 aliphatic heterocycles. The van der Waals surface area contributed by atoms with Crippen LogP contribution in [0.25, 0.3) is 0 Å². The molecule has 144 valence electrons. The van der Waals surface area contributed by atoms with Crippen molar-refractivity contribution in [2.45, 2.75) is 12.6 Å². The predicted molar refractivity (Wildman–Crippen MR) is 101 cm³/mol. The fraction of sp³-hybridized carbons (Fsp3) is 0.143. The number of halogens is 3. The summed E-state index contributed by atoms with van der Waals surface area (Å²) in [7, 11) is 0. The Morgan fingerprint density at radius 1 is 0.893 bits per heavy atom. The van der Waals surface area contributed by atoms with Crippen molar-refractivity contribution in [3.8, 4) is 0 Å². The number of pyridine rings is 1. The maximum atomic E-state index is 12.6. The fourth-order valence-corrected chi connectivity index (χ4v) is 2.57. The van der Waals surface area contributed by atoms with Gasteiger partial charge in [0.15, 0.2) is 0 Å². The molecular weight excluding hydrogens is 367 g/mol. The number of hydrogen-bond acceptors (Lipinski definition) is 3. The van der Waals surface area contributed by atoms with Crippen LogP contribution in [0.1, 0.15) is 21.6 Å². The van der Waals surface area contributed by atoms with Crippen LogP contribution in [-0.4, -0.2) is 17.4 Å². The molecule has 0 aliphatic rings. The lowest BCUT2D eigenvalue weighted by atomic mass is 10.1. The topological polar surface area (TPSA) is 54.0 Å². The number of hydrogen-bond donors (Lipinski definition) is 2. The Kier molecular flexibility index (Phi) is 5.93. The first-order valence-corrected chi connectivity index (χ1v) is 8.64. The van der Waals surface area contributed by atoms with Crippen molar-refractivity contribution in [2.75, 3.05) is 11.9 Å². The molecule has 0 unspecified atom stereocenters. The Morgan fingerprint density at radius 3 is 2.18 bits per heavy atom. The van der Waals surface area contributed by atoms with Crippen LogP contribution in [-0.2, 0) is 12.6 Å². The van der Waals surface area contributed by atoms with Crippen molar-refractivity contribution in [2.24, 2.45) is 0 Å². The van der Waals surface area contributed by atoms with E-state index in [1.807, 2.05) is 30.3 Å². The number of amides is 1. The second kappa shape index (κ2) is 8.56. The number of anilines is 2. The Bertz CT molecular complexity index is 908. The van der Waals surface area contributed by atoms with E-state index in [4.69, 9.17) is 0 Å². The predicted octanol–water partition coefficient (Wildman–Crippen LogP) is 4.82. The van der Waals surface area contributed by atoms with Crippen LogP contribution in [0, 0.1) is 0 Å². The van der Waals surface area contributed by atoms with Crippen molar-refractivity contribution < 1.29 is 18.0 Å². The van der Waals surface area contributed by atoms with E-state index >= 15 is 0 Å². The lowest BCUT2D eigenvalue weighted by molar-refractivity contribution is -0.137. The van der Waals surface area contributed by atoms with E-state index in [0.717, 1.165) is 24.1 Å². The average molecular weight is 385 g/mol. The molecule has 0 atom stereocenters. The molecule has 0 aliphatic carbocycles. The summed E-state index contributed by atoms with van der Waals surface area (Å²) in [6.45, 7) is 0.496. The van der Waals surface area contributed by atoms with E-state index in [2.05, 4.69) is 15.6 Å². The van der Waals surface area contributed by atoms with Gasteiger partial charge in [-0.3, -0.25) is 4.79 Å². The molecule has 0 radical (unpaired) electrons. The molecule has 1 amide bonds. The quantitative estimate of drug-likeness (QED) is 0.640. The van der Waals surface area contributed by atoms with Crippen molar-refractivity contribution in [1.82, 2.24) is 10.3 Å². The summed E-state index contributed by atoms with van der Waals surface area (Å²) in [5, 5.41) is 5.76. The number of rotatable bonds is 6. The smallest absolute Gasteiger partial charge is 0.354 e. The van der Waals surface area contributed by atoms with Gasteiger partial charge in [0.1, 0.15) is 5.69 Å². The third-order valence-corrected chi connectivity index (χ3v) is 4.04. The van der Waals surface area contributed by atoms with E-state index in [1.165, 1.54) is 18.3 Å². The number of carbonyl (C=O) groups excluding carboxylic acids is 1. The molecule has 0 bridgehead atoms. The van der Waals surface area contributed by atoms with Gasteiger partial charge >= 0.3 is 6.18 Å². The van der Waals surface area contributed by atoms with Gasteiger partial charge in [-0.15, -0.1) is 0 Å². The summed E-state index contributed by atoms with van der Waals surface area (Å²) in [4.78, 5) is 16.2. The van der Waals surface area contributed by atoms with Crippen LogP contribution < -0.4 is 10.6 Å². The van der Waals surface area contributed by atoms with Crippen molar-refractivity contribution in [3.05, 3.63) is 89.7 Å². The van der Waals surface area contributed by atoms with Gasteiger partial charge in [0.2, 0.25) is 0 Å². The molecule has 1 heterocycles. The standard InChI is InChI=1S/C21H18F3N3O/c22-21(23,24)16-6-8-17(9-7-16)27-18-10-11-19(26-14-18)20(28)25-13-12-15-4-2-1-3-5-15/h1-11,14,27H,12-13H2,(H,25,28). The molecule has 28 heavy (non-hydrogen) atoms. The second-order valence-corrected chi connectivity index (χ2v) is 6.12. The Hall–Kier alpha value is -3.35.